The van der Waals surface area contributed by atoms with E-state index in [-0.39, 0.29) is 0 Å². The van der Waals surface area contributed by atoms with Crippen molar-refractivity contribution in [2.75, 3.05) is 0 Å². The first-order valence-electron chi connectivity index (χ1n) is 8.58. The molecule has 4 heteroatoms. The van der Waals surface area contributed by atoms with Crippen LogP contribution in [0.1, 0.15) is 42.9 Å². The molecule has 1 aromatic carbocycles. The summed E-state index contributed by atoms with van der Waals surface area (Å²) in [4.78, 5) is 6.07. The number of hydrogen-bond donors (Lipinski definition) is 0. The molecule has 3 aromatic rings. The summed E-state index contributed by atoms with van der Waals surface area (Å²) in [5.41, 5.74) is 4.71. The van der Waals surface area contributed by atoms with Crippen molar-refractivity contribution in [2.24, 2.45) is 4.99 Å². The van der Waals surface area contributed by atoms with Crippen molar-refractivity contribution in [3.63, 3.8) is 0 Å². The largest absolute Gasteiger partial charge is 0.463 e. The van der Waals surface area contributed by atoms with Crippen LogP contribution in [0.3, 0.4) is 0 Å². The number of benzene rings is 1. The van der Waals surface area contributed by atoms with Gasteiger partial charge in [0.15, 0.2) is 10.6 Å². The lowest BCUT2D eigenvalue weighted by Gasteiger charge is -2.15. The lowest BCUT2D eigenvalue weighted by atomic mass is 10.1. The molecule has 0 radical (unpaired) electrons. The molecule has 124 valence electrons. The Hall–Kier alpha value is -2.07. The van der Waals surface area contributed by atoms with Crippen LogP contribution in [-0.2, 0) is 0 Å². The molecular weight excluding hydrogens is 316 g/mol. The maximum atomic E-state index is 5.67. The van der Waals surface area contributed by atoms with Crippen molar-refractivity contribution in [2.45, 2.75) is 45.6 Å². The molecule has 1 aliphatic carbocycles. The molecule has 0 aliphatic heterocycles. The highest BCUT2D eigenvalue weighted by Crippen LogP contribution is 2.33. The summed E-state index contributed by atoms with van der Waals surface area (Å²) in [5.74, 6) is 0.931. The molecule has 0 amide bonds. The highest BCUT2D eigenvalue weighted by molar-refractivity contribution is 7.07. The summed E-state index contributed by atoms with van der Waals surface area (Å²) in [7, 11) is 0. The molecule has 3 nitrogen and oxygen atoms in total. The topological polar surface area (TPSA) is 30.4 Å². The second kappa shape index (κ2) is 6.44. The number of furan rings is 1. The van der Waals surface area contributed by atoms with Crippen molar-refractivity contribution >= 4 is 17.0 Å². The standard InChI is InChI=1S/C20H22N2OS/c1-14-9-10-17(15(2)12-14)21-20-22(16-6-3-4-7-16)18(13-24-20)19-8-5-11-23-19/h5,8-13,16H,3-4,6-7H2,1-2H3. The Kier molecular flexibility index (Phi) is 4.15. The number of nitrogens with zero attached hydrogens (tertiary/aromatic N) is 2. The van der Waals surface area contributed by atoms with Gasteiger partial charge in [-0.3, -0.25) is 0 Å². The summed E-state index contributed by atoms with van der Waals surface area (Å²) in [6.45, 7) is 4.25. The summed E-state index contributed by atoms with van der Waals surface area (Å²) in [5, 5.41) is 2.18. The molecule has 0 saturated heterocycles. The quantitative estimate of drug-likeness (QED) is 0.596. The Morgan fingerprint density at radius 3 is 2.71 bits per heavy atom. The van der Waals surface area contributed by atoms with Crippen molar-refractivity contribution in [3.8, 4) is 11.5 Å². The number of thiazole rings is 1. The third-order valence-corrected chi connectivity index (χ3v) is 5.61. The minimum absolute atomic E-state index is 0.529. The maximum Gasteiger partial charge on any atom is 0.190 e. The van der Waals surface area contributed by atoms with E-state index < -0.39 is 0 Å². The van der Waals surface area contributed by atoms with Crippen molar-refractivity contribution in [1.82, 2.24) is 4.57 Å². The molecule has 0 N–H and O–H groups in total. The van der Waals surface area contributed by atoms with Crippen LogP contribution >= 0.6 is 11.3 Å². The van der Waals surface area contributed by atoms with E-state index in [0.717, 1.165) is 21.9 Å². The van der Waals surface area contributed by atoms with Gasteiger partial charge >= 0.3 is 0 Å². The van der Waals surface area contributed by atoms with Gasteiger partial charge in [-0.25, -0.2) is 4.99 Å². The van der Waals surface area contributed by atoms with Crippen LogP contribution in [0.5, 0.6) is 0 Å². The third-order valence-electron chi connectivity index (χ3n) is 4.77. The number of aromatic nitrogens is 1. The normalized spacial score (nSPS) is 16.2. The van der Waals surface area contributed by atoms with Gasteiger partial charge < -0.3 is 8.98 Å². The smallest absolute Gasteiger partial charge is 0.190 e. The summed E-state index contributed by atoms with van der Waals surface area (Å²) in [6, 6.07) is 11.0. The molecule has 4 rings (SSSR count). The zero-order valence-electron chi connectivity index (χ0n) is 14.2. The van der Waals surface area contributed by atoms with Crippen LogP contribution in [0.25, 0.3) is 11.5 Å². The van der Waals surface area contributed by atoms with Gasteiger partial charge in [-0.2, -0.15) is 0 Å². The first-order chi connectivity index (χ1) is 11.7. The van der Waals surface area contributed by atoms with E-state index in [1.807, 2.05) is 12.1 Å². The number of hydrogen-bond acceptors (Lipinski definition) is 3. The summed E-state index contributed by atoms with van der Waals surface area (Å²) in [6.07, 6.45) is 6.80. The molecule has 1 fully saturated rings. The minimum Gasteiger partial charge on any atom is -0.463 e. The molecule has 0 atom stereocenters. The predicted molar refractivity (Wildman–Crippen MR) is 98.7 cm³/mol. The van der Waals surface area contributed by atoms with Gasteiger partial charge in [0.05, 0.1) is 17.6 Å². The van der Waals surface area contributed by atoms with E-state index in [1.165, 1.54) is 36.8 Å². The van der Waals surface area contributed by atoms with Gasteiger partial charge in [0.1, 0.15) is 0 Å². The van der Waals surface area contributed by atoms with Gasteiger partial charge in [-0.15, -0.1) is 11.3 Å². The predicted octanol–water partition coefficient (Wildman–Crippen LogP) is 5.77. The summed E-state index contributed by atoms with van der Waals surface area (Å²) >= 11 is 1.71. The highest BCUT2D eigenvalue weighted by atomic mass is 32.1. The van der Waals surface area contributed by atoms with Crippen molar-refractivity contribution in [1.29, 1.82) is 0 Å². The number of rotatable bonds is 3. The Morgan fingerprint density at radius 2 is 2.00 bits per heavy atom. The summed E-state index contributed by atoms with van der Waals surface area (Å²) < 4.78 is 8.07. The molecule has 0 spiro atoms. The zero-order valence-corrected chi connectivity index (χ0v) is 15.0. The zero-order chi connectivity index (χ0) is 16.5. The fourth-order valence-electron chi connectivity index (χ4n) is 3.56. The van der Waals surface area contributed by atoms with E-state index in [9.17, 15) is 0 Å². The minimum atomic E-state index is 0.529. The molecule has 1 saturated carbocycles. The van der Waals surface area contributed by atoms with Gasteiger partial charge in [-0.05, 0) is 50.5 Å². The Morgan fingerprint density at radius 1 is 1.17 bits per heavy atom. The maximum absolute atomic E-state index is 5.67. The average Bonchev–Trinajstić information content (AvgIpc) is 3.30. The molecular formula is C20H22N2OS. The first kappa shape index (κ1) is 15.5. The van der Waals surface area contributed by atoms with Gasteiger partial charge in [0, 0.05) is 11.4 Å². The van der Waals surface area contributed by atoms with Crippen molar-refractivity contribution in [3.05, 3.63) is 57.9 Å². The van der Waals surface area contributed by atoms with Gasteiger partial charge in [0.25, 0.3) is 0 Å². The van der Waals surface area contributed by atoms with Crippen LogP contribution in [0.15, 0.2) is 51.4 Å². The van der Waals surface area contributed by atoms with E-state index in [4.69, 9.17) is 9.41 Å². The molecule has 0 unspecified atom stereocenters. The second-order valence-corrected chi connectivity index (χ2v) is 7.43. The van der Waals surface area contributed by atoms with E-state index in [0.29, 0.717) is 6.04 Å². The van der Waals surface area contributed by atoms with Crippen molar-refractivity contribution < 1.29 is 4.42 Å². The third kappa shape index (κ3) is 2.86. The molecule has 2 heterocycles. The van der Waals surface area contributed by atoms with Crippen LogP contribution in [0.2, 0.25) is 0 Å². The first-order valence-corrected chi connectivity index (χ1v) is 9.46. The Balaban J connectivity index is 1.87. The van der Waals surface area contributed by atoms with Gasteiger partial charge in [0.2, 0.25) is 0 Å². The Bertz CT molecular complexity index is 896. The molecule has 2 aromatic heterocycles. The number of aryl methyl sites for hydroxylation is 2. The lowest BCUT2D eigenvalue weighted by molar-refractivity contribution is 0.499. The van der Waals surface area contributed by atoms with Crippen LogP contribution in [-0.4, -0.2) is 4.57 Å². The fraction of sp³-hybridized carbons (Fsp3) is 0.350. The lowest BCUT2D eigenvalue weighted by Crippen LogP contribution is -2.19. The molecule has 0 bridgehead atoms. The van der Waals surface area contributed by atoms with E-state index >= 15 is 0 Å². The average molecular weight is 338 g/mol. The fourth-order valence-corrected chi connectivity index (χ4v) is 4.51. The van der Waals surface area contributed by atoms with Gasteiger partial charge in [-0.1, -0.05) is 30.5 Å². The Labute approximate surface area is 146 Å². The van der Waals surface area contributed by atoms with Crippen LogP contribution in [0.4, 0.5) is 5.69 Å². The van der Waals surface area contributed by atoms with E-state index in [2.05, 4.69) is 42.0 Å². The molecule has 1 aliphatic rings. The van der Waals surface area contributed by atoms with Crippen LogP contribution in [0, 0.1) is 13.8 Å². The van der Waals surface area contributed by atoms with Crippen LogP contribution < -0.4 is 4.80 Å². The monoisotopic (exact) mass is 338 g/mol. The second-order valence-electron chi connectivity index (χ2n) is 6.59. The SMILES string of the molecule is Cc1ccc(N=c2scc(-c3ccco3)n2C2CCCC2)c(C)c1. The molecule has 24 heavy (non-hydrogen) atoms. The van der Waals surface area contributed by atoms with E-state index in [1.54, 1.807) is 17.6 Å². The highest BCUT2D eigenvalue weighted by Gasteiger charge is 2.22.